The second-order valence-corrected chi connectivity index (χ2v) is 5.72. The Labute approximate surface area is 107 Å². The fraction of sp³-hybridized carbons (Fsp3) is 0.143. The second kappa shape index (κ2) is 4.92. The van der Waals surface area contributed by atoms with Crippen LogP contribution in [0.15, 0.2) is 54.6 Å². The topological polar surface area (TPSA) is 54.4 Å². The van der Waals surface area contributed by atoms with Crippen molar-refractivity contribution in [3.8, 4) is 0 Å². The van der Waals surface area contributed by atoms with Gasteiger partial charge >= 0.3 is 0 Å². The van der Waals surface area contributed by atoms with Crippen LogP contribution in [0.5, 0.6) is 0 Å². The van der Waals surface area contributed by atoms with Crippen LogP contribution in [0, 0.1) is 6.92 Å². The molecular formula is C14H14O3S. The van der Waals surface area contributed by atoms with Gasteiger partial charge in [0.05, 0.1) is 0 Å². The summed E-state index contributed by atoms with van der Waals surface area (Å²) in [7, 11) is -4.18. The molecule has 0 aliphatic heterocycles. The second-order valence-electron chi connectivity index (χ2n) is 4.22. The van der Waals surface area contributed by atoms with Gasteiger partial charge in [0.1, 0.15) is 5.25 Å². The lowest BCUT2D eigenvalue weighted by Crippen LogP contribution is -2.13. The van der Waals surface area contributed by atoms with E-state index in [4.69, 9.17) is 0 Å². The van der Waals surface area contributed by atoms with Crippen LogP contribution in [0.2, 0.25) is 0 Å². The number of hydrogen-bond donors (Lipinski definition) is 1. The Kier molecular flexibility index (Phi) is 3.50. The van der Waals surface area contributed by atoms with E-state index < -0.39 is 15.4 Å². The molecule has 94 valence electrons. The average Bonchev–Trinajstić information content (AvgIpc) is 2.32. The highest BCUT2D eigenvalue weighted by molar-refractivity contribution is 7.86. The van der Waals surface area contributed by atoms with Gasteiger partial charge in [0.15, 0.2) is 0 Å². The maximum absolute atomic E-state index is 11.6. The molecule has 0 amide bonds. The standard InChI is InChI=1S/C14H14O3S/c1-11-7-9-13(10-8-11)14(18(15,16)17)12-5-3-2-4-6-12/h2-10,14H,1H3,(H,15,16,17). The van der Waals surface area contributed by atoms with Gasteiger partial charge in [-0.1, -0.05) is 60.2 Å². The van der Waals surface area contributed by atoms with E-state index in [0.717, 1.165) is 5.56 Å². The normalized spacial score (nSPS) is 13.2. The largest absolute Gasteiger partial charge is 0.285 e. The van der Waals surface area contributed by atoms with E-state index in [1.807, 2.05) is 19.1 Å². The molecule has 0 spiro atoms. The molecule has 0 aliphatic carbocycles. The SMILES string of the molecule is Cc1ccc(C(c2ccccc2)S(=O)(=O)O)cc1. The molecule has 0 aliphatic rings. The fourth-order valence-corrected chi connectivity index (χ4v) is 2.91. The molecule has 2 rings (SSSR count). The number of rotatable bonds is 3. The molecule has 3 nitrogen and oxygen atoms in total. The lowest BCUT2D eigenvalue weighted by Gasteiger charge is -2.15. The van der Waals surface area contributed by atoms with Crippen molar-refractivity contribution in [1.82, 2.24) is 0 Å². The maximum atomic E-state index is 11.6. The molecule has 1 unspecified atom stereocenters. The van der Waals surface area contributed by atoms with Crippen LogP contribution in [0.3, 0.4) is 0 Å². The highest BCUT2D eigenvalue weighted by Crippen LogP contribution is 2.29. The lowest BCUT2D eigenvalue weighted by atomic mass is 10.0. The van der Waals surface area contributed by atoms with E-state index in [1.165, 1.54) is 0 Å². The molecule has 0 aromatic heterocycles. The highest BCUT2D eigenvalue weighted by Gasteiger charge is 2.26. The van der Waals surface area contributed by atoms with Gasteiger partial charge in [0.2, 0.25) is 0 Å². The highest BCUT2D eigenvalue weighted by atomic mass is 32.2. The summed E-state index contributed by atoms with van der Waals surface area (Å²) in [4.78, 5) is 0. The number of hydrogen-bond acceptors (Lipinski definition) is 2. The molecule has 4 heteroatoms. The molecule has 18 heavy (non-hydrogen) atoms. The van der Waals surface area contributed by atoms with E-state index in [2.05, 4.69) is 0 Å². The zero-order valence-corrected chi connectivity index (χ0v) is 10.8. The minimum atomic E-state index is -4.18. The quantitative estimate of drug-likeness (QED) is 0.865. The molecular weight excluding hydrogens is 248 g/mol. The Bertz CT molecular complexity index is 616. The predicted octanol–water partition coefficient (Wildman–Crippen LogP) is 2.97. The molecule has 2 aromatic carbocycles. The molecule has 0 bridgehead atoms. The first kappa shape index (κ1) is 12.8. The van der Waals surface area contributed by atoms with Crippen molar-refractivity contribution in [1.29, 1.82) is 0 Å². The van der Waals surface area contributed by atoms with Gasteiger partial charge in [-0.25, -0.2) is 0 Å². The predicted molar refractivity (Wildman–Crippen MR) is 71.0 cm³/mol. The van der Waals surface area contributed by atoms with Gasteiger partial charge in [-0.2, -0.15) is 8.42 Å². The van der Waals surface area contributed by atoms with Crippen molar-refractivity contribution in [3.05, 3.63) is 71.3 Å². The first-order chi connectivity index (χ1) is 8.48. The van der Waals surface area contributed by atoms with Gasteiger partial charge in [-0.15, -0.1) is 0 Å². The monoisotopic (exact) mass is 262 g/mol. The average molecular weight is 262 g/mol. The van der Waals surface area contributed by atoms with Crippen LogP contribution in [0.1, 0.15) is 21.9 Å². The Morgan fingerprint density at radius 2 is 1.39 bits per heavy atom. The van der Waals surface area contributed by atoms with Gasteiger partial charge in [0, 0.05) is 0 Å². The van der Waals surface area contributed by atoms with Crippen molar-refractivity contribution >= 4 is 10.1 Å². The zero-order valence-electron chi connectivity index (χ0n) is 9.95. The minimum Gasteiger partial charge on any atom is -0.285 e. The summed E-state index contributed by atoms with van der Waals surface area (Å²) < 4.78 is 32.6. The first-order valence-electron chi connectivity index (χ1n) is 5.56. The third-order valence-corrected chi connectivity index (χ3v) is 3.92. The molecule has 0 saturated carbocycles. The summed E-state index contributed by atoms with van der Waals surface area (Å²) in [5.41, 5.74) is 2.17. The molecule has 0 radical (unpaired) electrons. The van der Waals surface area contributed by atoms with Crippen LogP contribution in [-0.2, 0) is 10.1 Å². The summed E-state index contributed by atoms with van der Waals surface area (Å²) in [5, 5.41) is -1.03. The molecule has 2 aromatic rings. The van der Waals surface area contributed by atoms with Crippen molar-refractivity contribution in [3.63, 3.8) is 0 Å². The van der Waals surface area contributed by atoms with Gasteiger partial charge in [-0.05, 0) is 18.1 Å². The van der Waals surface area contributed by atoms with Crippen LogP contribution in [0.25, 0.3) is 0 Å². The summed E-state index contributed by atoms with van der Waals surface area (Å²) in [5.74, 6) is 0. The van der Waals surface area contributed by atoms with Crippen LogP contribution in [0.4, 0.5) is 0 Å². The maximum Gasteiger partial charge on any atom is 0.276 e. The van der Waals surface area contributed by atoms with Crippen molar-refractivity contribution < 1.29 is 13.0 Å². The molecule has 0 saturated heterocycles. The zero-order chi connectivity index (χ0) is 13.2. The fourth-order valence-electron chi connectivity index (χ4n) is 1.91. The van der Waals surface area contributed by atoms with Crippen molar-refractivity contribution in [2.75, 3.05) is 0 Å². The van der Waals surface area contributed by atoms with E-state index in [1.54, 1.807) is 42.5 Å². The minimum absolute atomic E-state index is 0.559. The summed E-state index contributed by atoms with van der Waals surface area (Å²) >= 11 is 0. The Balaban J connectivity index is 2.55. The smallest absolute Gasteiger partial charge is 0.276 e. The number of aryl methyl sites for hydroxylation is 1. The molecule has 1 N–H and O–H groups in total. The Morgan fingerprint density at radius 1 is 0.889 bits per heavy atom. The van der Waals surface area contributed by atoms with Crippen LogP contribution < -0.4 is 0 Å². The van der Waals surface area contributed by atoms with Gasteiger partial charge < -0.3 is 0 Å². The van der Waals surface area contributed by atoms with E-state index in [-0.39, 0.29) is 0 Å². The van der Waals surface area contributed by atoms with Gasteiger partial charge in [0.25, 0.3) is 10.1 Å². The molecule has 0 heterocycles. The van der Waals surface area contributed by atoms with Crippen LogP contribution >= 0.6 is 0 Å². The van der Waals surface area contributed by atoms with Crippen molar-refractivity contribution in [2.45, 2.75) is 12.2 Å². The Morgan fingerprint density at radius 3 is 1.89 bits per heavy atom. The molecule has 0 fully saturated rings. The molecule has 1 atom stereocenters. The van der Waals surface area contributed by atoms with E-state index in [0.29, 0.717) is 11.1 Å². The third kappa shape index (κ3) is 2.78. The van der Waals surface area contributed by atoms with Crippen molar-refractivity contribution in [2.24, 2.45) is 0 Å². The summed E-state index contributed by atoms with van der Waals surface area (Å²) in [6, 6.07) is 15.8. The third-order valence-electron chi connectivity index (χ3n) is 2.78. The summed E-state index contributed by atoms with van der Waals surface area (Å²) in [6.45, 7) is 1.93. The Hall–Kier alpha value is -1.65. The number of benzene rings is 2. The lowest BCUT2D eigenvalue weighted by molar-refractivity contribution is 0.475. The van der Waals surface area contributed by atoms with Gasteiger partial charge in [-0.3, -0.25) is 4.55 Å². The van der Waals surface area contributed by atoms with Crippen LogP contribution in [-0.4, -0.2) is 13.0 Å². The van der Waals surface area contributed by atoms with E-state index >= 15 is 0 Å². The first-order valence-corrected chi connectivity index (χ1v) is 7.06. The van der Waals surface area contributed by atoms with E-state index in [9.17, 15) is 13.0 Å². The summed E-state index contributed by atoms with van der Waals surface area (Å²) in [6.07, 6.45) is 0.